The fourth-order valence-corrected chi connectivity index (χ4v) is 2.91. The van der Waals surface area contributed by atoms with Crippen molar-refractivity contribution in [1.29, 1.82) is 0 Å². The van der Waals surface area contributed by atoms with Gasteiger partial charge in [0.05, 0.1) is 11.9 Å². The van der Waals surface area contributed by atoms with Crippen LogP contribution in [0.4, 0.5) is 0 Å². The van der Waals surface area contributed by atoms with Crippen molar-refractivity contribution in [2.45, 2.75) is 13.0 Å². The molecule has 6 heteroatoms. The number of hydrogen-bond acceptors (Lipinski definition) is 4. The topological polar surface area (TPSA) is 85.1 Å². The Bertz CT molecular complexity index is 957. The number of carbonyl (C=O) groups excluding carboxylic acids is 1. The average Bonchev–Trinajstić information content (AvgIpc) is 2.98. The smallest absolute Gasteiger partial charge is 0.295 e. The van der Waals surface area contributed by atoms with E-state index >= 15 is 0 Å². The van der Waals surface area contributed by atoms with E-state index in [1.807, 2.05) is 48.0 Å². The molecule has 1 aliphatic rings. The van der Waals surface area contributed by atoms with Gasteiger partial charge in [-0.25, -0.2) is 4.98 Å². The van der Waals surface area contributed by atoms with Gasteiger partial charge in [-0.15, -0.1) is 5.11 Å². The van der Waals surface area contributed by atoms with Gasteiger partial charge in [-0.05, 0) is 36.2 Å². The first-order valence-corrected chi connectivity index (χ1v) is 7.40. The predicted octanol–water partition coefficient (Wildman–Crippen LogP) is 2.92. The summed E-state index contributed by atoms with van der Waals surface area (Å²) in [5.41, 5.74) is 11.1. The zero-order chi connectivity index (χ0) is 16.0. The molecule has 114 valence electrons. The highest BCUT2D eigenvalue weighted by Crippen LogP contribution is 2.31. The van der Waals surface area contributed by atoms with Crippen molar-refractivity contribution in [3.8, 4) is 11.3 Å². The van der Waals surface area contributed by atoms with Crippen LogP contribution in [0.1, 0.15) is 27.5 Å². The first-order chi connectivity index (χ1) is 11.2. The minimum Gasteiger partial charge on any atom is -0.328 e. The average molecular weight is 305 g/mol. The highest BCUT2D eigenvalue weighted by Gasteiger charge is 2.23. The van der Waals surface area contributed by atoms with E-state index in [-0.39, 0.29) is 11.9 Å². The number of pyridine rings is 1. The summed E-state index contributed by atoms with van der Waals surface area (Å²) in [7, 11) is 0. The van der Waals surface area contributed by atoms with Gasteiger partial charge in [-0.3, -0.25) is 9.20 Å². The molecular formula is C17H15N5O. The van der Waals surface area contributed by atoms with Gasteiger partial charge in [0, 0.05) is 23.9 Å². The van der Waals surface area contributed by atoms with Crippen LogP contribution in [0.2, 0.25) is 0 Å². The molecule has 0 saturated heterocycles. The van der Waals surface area contributed by atoms with Crippen molar-refractivity contribution in [3.05, 3.63) is 59.4 Å². The van der Waals surface area contributed by atoms with Crippen LogP contribution in [0, 0.1) is 6.92 Å². The van der Waals surface area contributed by atoms with Gasteiger partial charge in [0.15, 0.2) is 0 Å². The van der Waals surface area contributed by atoms with Crippen molar-refractivity contribution in [1.82, 2.24) is 9.38 Å². The zero-order valence-electron chi connectivity index (χ0n) is 12.6. The summed E-state index contributed by atoms with van der Waals surface area (Å²) in [6.45, 7) is 2.36. The highest BCUT2D eigenvalue weighted by molar-refractivity contribution is 5.97. The number of benzene rings is 1. The molecule has 0 radical (unpaired) electrons. The molecule has 23 heavy (non-hydrogen) atoms. The van der Waals surface area contributed by atoms with Gasteiger partial charge in [0.2, 0.25) is 0 Å². The van der Waals surface area contributed by atoms with Crippen LogP contribution in [0.3, 0.4) is 0 Å². The Morgan fingerprint density at radius 2 is 2.13 bits per heavy atom. The van der Waals surface area contributed by atoms with Crippen molar-refractivity contribution in [2.24, 2.45) is 16.0 Å². The van der Waals surface area contributed by atoms with Gasteiger partial charge in [0.1, 0.15) is 11.7 Å². The monoisotopic (exact) mass is 305 g/mol. The quantitative estimate of drug-likeness (QED) is 0.790. The van der Waals surface area contributed by atoms with Gasteiger partial charge >= 0.3 is 0 Å². The SMILES string of the molecule is Cc1ccc2ncc(-c3ccc4c(c3)C(CN)N=NC4=O)n2c1. The molecule has 1 aromatic carbocycles. The lowest BCUT2D eigenvalue weighted by Crippen LogP contribution is -2.17. The number of hydrogen-bond donors (Lipinski definition) is 1. The van der Waals surface area contributed by atoms with Crippen LogP contribution in [0.25, 0.3) is 16.9 Å². The predicted molar refractivity (Wildman–Crippen MR) is 86.3 cm³/mol. The third kappa shape index (κ3) is 2.15. The minimum absolute atomic E-state index is 0.274. The Morgan fingerprint density at radius 3 is 2.96 bits per heavy atom. The molecule has 6 nitrogen and oxygen atoms in total. The van der Waals surface area contributed by atoms with E-state index < -0.39 is 0 Å². The van der Waals surface area contributed by atoms with E-state index in [4.69, 9.17) is 5.73 Å². The normalized spacial score (nSPS) is 16.8. The summed E-state index contributed by atoms with van der Waals surface area (Å²) in [5.74, 6) is -0.315. The highest BCUT2D eigenvalue weighted by atomic mass is 16.1. The maximum absolute atomic E-state index is 11.9. The Kier molecular flexibility index (Phi) is 3.06. The molecule has 0 bridgehead atoms. The minimum atomic E-state index is -0.315. The van der Waals surface area contributed by atoms with Crippen LogP contribution in [0.5, 0.6) is 0 Å². The fraction of sp³-hybridized carbons (Fsp3) is 0.176. The van der Waals surface area contributed by atoms with Crippen molar-refractivity contribution < 1.29 is 4.79 Å². The first kappa shape index (κ1) is 13.8. The van der Waals surface area contributed by atoms with E-state index in [0.717, 1.165) is 28.0 Å². The Balaban J connectivity index is 1.90. The summed E-state index contributed by atoms with van der Waals surface area (Å²) in [6.07, 6.45) is 3.88. The van der Waals surface area contributed by atoms with E-state index in [2.05, 4.69) is 15.2 Å². The molecule has 1 unspecified atom stereocenters. The number of imidazole rings is 1. The molecule has 0 fully saturated rings. The van der Waals surface area contributed by atoms with Crippen LogP contribution >= 0.6 is 0 Å². The summed E-state index contributed by atoms with van der Waals surface area (Å²) in [5, 5.41) is 7.66. The Morgan fingerprint density at radius 1 is 1.26 bits per heavy atom. The van der Waals surface area contributed by atoms with Gasteiger partial charge in [0.25, 0.3) is 5.91 Å². The second-order valence-corrected chi connectivity index (χ2v) is 5.65. The Hall–Kier alpha value is -2.86. The zero-order valence-corrected chi connectivity index (χ0v) is 12.6. The molecule has 0 saturated carbocycles. The van der Waals surface area contributed by atoms with Crippen LogP contribution in [0.15, 0.2) is 53.0 Å². The molecule has 0 aliphatic carbocycles. The summed E-state index contributed by atoms with van der Waals surface area (Å²) in [6, 6.07) is 9.41. The standard InChI is InChI=1S/C17H15N5O/c1-10-2-5-16-19-8-15(22(16)9-10)11-3-4-12-13(6-11)14(7-18)20-21-17(12)23/h2-6,8-9,14H,7,18H2,1H3. The number of carbonyl (C=O) groups is 1. The summed E-state index contributed by atoms with van der Waals surface area (Å²) < 4.78 is 2.04. The van der Waals surface area contributed by atoms with E-state index in [0.29, 0.717) is 12.1 Å². The number of azo groups is 1. The first-order valence-electron chi connectivity index (χ1n) is 7.40. The van der Waals surface area contributed by atoms with E-state index in [1.165, 1.54) is 0 Å². The number of nitrogens with zero attached hydrogens (tertiary/aromatic N) is 4. The molecule has 0 spiro atoms. The van der Waals surface area contributed by atoms with Crippen LogP contribution < -0.4 is 5.73 Å². The summed E-state index contributed by atoms with van der Waals surface area (Å²) in [4.78, 5) is 16.3. The number of rotatable bonds is 2. The molecule has 4 rings (SSSR count). The van der Waals surface area contributed by atoms with Crippen molar-refractivity contribution >= 4 is 11.6 Å². The number of amides is 1. The molecule has 2 N–H and O–H groups in total. The second kappa shape index (κ2) is 5.10. The van der Waals surface area contributed by atoms with E-state index in [9.17, 15) is 4.79 Å². The lowest BCUT2D eigenvalue weighted by atomic mass is 9.95. The van der Waals surface area contributed by atoms with Gasteiger partial charge in [-0.1, -0.05) is 12.1 Å². The third-order valence-corrected chi connectivity index (χ3v) is 4.10. The number of aromatic nitrogens is 2. The molecule has 3 aromatic rings. The Labute approximate surface area is 132 Å². The van der Waals surface area contributed by atoms with Crippen molar-refractivity contribution in [2.75, 3.05) is 6.54 Å². The second-order valence-electron chi connectivity index (χ2n) is 5.65. The molecular weight excluding hydrogens is 290 g/mol. The molecule has 1 atom stereocenters. The van der Waals surface area contributed by atoms with Crippen LogP contribution in [-0.4, -0.2) is 21.8 Å². The van der Waals surface area contributed by atoms with Crippen LogP contribution in [-0.2, 0) is 0 Å². The van der Waals surface area contributed by atoms with Gasteiger partial charge in [-0.2, -0.15) is 5.11 Å². The molecule has 2 aromatic heterocycles. The fourth-order valence-electron chi connectivity index (χ4n) is 2.91. The molecule has 1 amide bonds. The van der Waals surface area contributed by atoms with Gasteiger partial charge < -0.3 is 5.73 Å². The molecule has 3 heterocycles. The van der Waals surface area contributed by atoms with Crippen molar-refractivity contribution in [3.63, 3.8) is 0 Å². The molecule has 1 aliphatic heterocycles. The number of nitrogens with two attached hydrogens (primary N) is 1. The number of aryl methyl sites for hydroxylation is 1. The maximum Gasteiger partial charge on any atom is 0.295 e. The lowest BCUT2D eigenvalue weighted by Gasteiger charge is -2.17. The lowest BCUT2D eigenvalue weighted by molar-refractivity contribution is 0.0985. The largest absolute Gasteiger partial charge is 0.328 e. The summed E-state index contributed by atoms with van der Waals surface area (Å²) >= 11 is 0. The van der Waals surface area contributed by atoms with E-state index in [1.54, 1.807) is 6.07 Å². The third-order valence-electron chi connectivity index (χ3n) is 4.10. The number of fused-ring (bicyclic) bond motifs is 2. The maximum atomic E-state index is 11.9.